The van der Waals surface area contributed by atoms with Gasteiger partial charge in [0, 0.05) is 25.0 Å². The number of quaternary nitrogens is 1. The summed E-state index contributed by atoms with van der Waals surface area (Å²) < 4.78 is 63.6. The van der Waals surface area contributed by atoms with Crippen LogP contribution in [0.5, 0.6) is 17.2 Å². The van der Waals surface area contributed by atoms with Gasteiger partial charge in [0.25, 0.3) is 7.82 Å². The lowest BCUT2D eigenvalue weighted by atomic mass is 9.91. The van der Waals surface area contributed by atoms with Crippen LogP contribution in [0, 0.1) is 5.41 Å². The summed E-state index contributed by atoms with van der Waals surface area (Å²) in [5, 5.41) is 0. The molecule has 0 aliphatic carbocycles. The highest BCUT2D eigenvalue weighted by Gasteiger charge is 2.42. The summed E-state index contributed by atoms with van der Waals surface area (Å²) >= 11 is 0. The molecule has 0 bridgehead atoms. The summed E-state index contributed by atoms with van der Waals surface area (Å²) in [5.74, 6) is 0.424. The third kappa shape index (κ3) is 20.8. The second-order valence-electron chi connectivity index (χ2n) is 15.7. The first kappa shape index (κ1) is 49.7. The molecule has 1 aromatic carbocycles. The van der Waals surface area contributed by atoms with Gasteiger partial charge in [0.05, 0.1) is 66.2 Å². The second-order valence-corrected chi connectivity index (χ2v) is 17.1. The zero-order valence-electron chi connectivity index (χ0n) is 35.4. The molecule has 56 heavy (non-hydrogen) atoms. The van der Waals surface area contributed by atoms with Gasteiger partial charge in [0.2, 0.25) is 0 Å². The summed E-state index contributed by atoms with van der Waals surface area (Å²) in [6.45, 7) is 4.61. The fourth-order valence-corrected chi connectivity index (χ4v) is 6.71. The molecule has 0 saturated carbocycles. The Kier molecular flexibility index (Phi) is 24.2. The third-order valence-corrected chi connectivity index (χ3v) is 10.5. The van der Waals surface area contributed by atoms with Crippen molar-refractivity contribution in [3.8, 4) is 17.2 Å². The lowest BCUT2D eigenvalue weighted by Gasteiger charge is -2.39. The van der Waals surface area contributed by atoms with E-state index in [9.17, 15) is 19.0 Å². The number of hydrogen-bond donors (Lipinski definition) is 0. The Morgan fingerprint density at radius 1 is 0.732 bits per heavy atom. The van der Waals surface area contributed by atoms with Crippen molar-refractivity contribution in [3.63, 3.8) is 0 Å². The monoisotopic (exact) mass is 817 g/mol. The molecule has 1 aliphatic heterocycles. The van der Waals surface area contributed by atoms with Crippen LogP contribution < -0.4 is 19.1 Å². The quantitative estimate of drug-likeness (QED) is 0.0302. The molecule has 0 radical (unpaired) electrons. The lowest BCUT2D eigenvalue weighted by Crippen LogP contribution is -2.46. The third-order valence-electron chi connectivity index (χ3n) is 9.50. The molecule has 15 heteroatoms. The molecule has 1 heterocycles. The van der Waals surface area contributed by atoms with Crippen LogP contribution in [0.3, 0.4) is 0 Å². The van der Waals surface area contributed by atoms with E-state index >= 15 is 0 Å². The molecule has 1 aromatic rings. The molecule has 14 nitrogen and oxygen atoms in total. The fraction of sp³-hybridized carbons (Fsp3) is 0.805. The van der Waals surface area contributed by atoms with Crippen LogP contribution in [0.1, 0.15) is 128 Å². The SMILES string of the molecule is CCCCCCCCCC(=O)OCC1(COC(=O)CCCCCCCCC)COC(c2c(OC)cc(OCCOP(=O)([O-])OCC[N+](C)(C)C)cc2OC)OC1. The van der Waals surface area contributed by atoms with Crippen molar-refractivity contribution in [1.29, 1.82) is 0 Å². The molecule has 324 valence electrons. The number of unbranched alkanes of at least 4 members (excludes halogenated alkanes) is 12. The molecule has 0 aromatic heterocycles. The van der Waals surface area contributed by atoms with Gasteiger partial charge in [-0.25, -0.2) is 0 Å². The maximum Gasteiger partial charge on any atom is 0.305 e. The summed E-state index contributed by atoms with van der Waals surface area (Å²) in [6, 6.07) is 3.22. The Bertz CT molecular complexity index is 1240. The molecule has 2 rings (SSSR count). The number of benzene rings is 1. The van der Waals surface area contributed by atoms with E-state index < -0.39 is 19.5 Å². The zero-order valence-corrected chi connectivity index (χ0v) is 36.3. The molecule has 1 fully saturated rings. The van der Waals surface area contributed by atoms with E-state index in [0.29, 0.717) is 46.7 Å². The van der Waals surface area contributed by atoms with Gasteiger partial charge in [0.1, 0.15) is 50.2 Å². The molecule has 1 aliphatic rings. The first-order chi connectivity index (χ1) is 26.8. The number of nitrogens with zero attached hydrogens (tertiary/aromatic N) is 1. The standard InChI is InChI=1S/C41H72NO13P/c1-8-10-12-14-16-18-20-22-37(43)50-30-41(31-51-38(44)23-21-19-17-15-13-11-9-2)32-52-40(53-33-41)39-35(47-6)28-34(29-36(39)48-7)49-26-27-55-56(45,46)54-25-24-42(3,4)5/h28-29,40H,8-27,30-33H2,1-7H3. The van der Waals surface area contributed by atoms with Gasteiger partial charge in [-0.2, -0.15) is 0 Å². The van der Waals surface area contributed by atoms with Gasteiger partial charge in [0.15, 0.2) is 6.29 Å². The zero-order chi connectivity index (χ0) is 41.3. The Balaban J connectivity index is 2.03. The van der Waals surface area contributed by atoms with Crippen molar-refractivity contribution in [2.75, 3.05) is 88.2 Å². The van der Waals surface area contributed by atoms with E-state index in [-0.39, 0.29) is 58.2 Å². The van der Waals surface area contributed by atoms with Crippen LogP contribution in [-0.2, 0) is 42.1 Å². The van der Waals surface area contributed by atoms with Gasteiger partial charge < -0.3 is 51.6 Å². The first-order valence-electron chi connectivity index (χ1n) is 20.6. The summed E-state index contributed by atoms with van der Waals surface area (Å²) in [6.07, 6.45) is 15.0. The molecule has 0 spiro atoms. The van der Waals surface area contributed by atoms with Gasteiger partial charge in [-0.1, -0.05) is 90.9 Å². The lowest BCUT2D eigenvalue weighted by molar-refractivity contribution is -0.870. The topological polar surface area (TPSA) is 157 Å². The van der Waals surface area contributed by atoms with Crippen molar-refractivity contribution in [3.05, 3.63) is 17.7 Å². The van der Waals surface area contributed by atoms with Crippen LogP contribution in [0.25, 0.3) is 0 Å². The molecule has 1 unspecified atom stereocenters. The van der Waals surface area contributed by atoms with Gasteiger partial charge in [-0.05, 0) is 12.8 Å². The van der Waals surface area contributed by atoms with E-state index in [1.807, 2.05) is 21.1 Å². The van der Waals surface area contributed by atoms with E-state index in [4.69, 9.17) is 42.2 Å². The summed E-state index contributed by atoms with van der Waals surface area (Å²) in [5.41, 5.74) is -0.448. The predicted molar refractivity (Wildman–Crippen MR) is 212 cm³/mol. The predicted octanol–water partition coefficient (Wildman–Crippen LogP) is 7.69. The van der Waals surface area contributed by atoms with E-state index in [1.165, 1.54) is 65.6 Å². The van der Waals surface area contributed by atoms with Crippen LogP contribution in [0.15, 0.2) is 12.1 Å². The average molecular weight is 818 g/mol. The molecular formula is C41H72NO13P. The number of ether oxygens (including phenoxy) is 7. The van der Waals surface area contributed by atoms with Crippen molar-refractivity contribution in [1.82, 2.24) is 0 Å². The highest BCUT2D eigenvalue weighted by Crippen LogP contribution is 2.44. The first-order valence-corrected chi connectivity index (χ1v) is 22.1. The minimum absolute atomic E-state index is 0.00232. The van der Waals surface area contributed by atoms with Gasteiger partial charge in [-0.15, -0.1) is 0 Å². The molecule has 1 atom stereocenters. The Hall–Kier alpha value is -2.45. The normalized spacial score (nSPS) is 15.6. The number of carbonyl (C=O) groups excluding carboxylic acids is 2. The van der Waals surface area contributed by atoms with Crippen molar-refractivity contribution < 1.29 is 65.7 Å². The van der Waals surface area contributed by atoms with Crippen LogP contribution in [-0.4, -0.2) is 105 Å². The Morgan fingerprint density at radius 3 is 1.62 bits per heavy atom. The molecular weight excluding hydrogens is 745 g/mol. The van der Waals surface area contributed by atoms with Crippen molar-refractivity contribution in [2.24, 2.45) is 5.41 Å². The van der Waals surface area contributed by atoms with E-state index in [1.54, 1.807) is 12.1 Å². The number of rotatable bonds is 32. The van der Waals surface area contributed by atoms with Crippen molar-refractivity contribution in [2.45, 2.75) is 123 Å². The van der Waals surface area contributed by atoms with Gasteiger partial charge >= 0.3 is 11.9 Å². The number of esters is 2. The summed E-state index contributed by atoms with van der Waals surface area (Å²) in [7, 11) is 4.26. The largest absolute Gasteiger partial charge is 0.756 e. The minimum Gasteiger partial charge on any atom is -0.756 e. The number of phosphoric acid groups is 1. The molecule has 1 saturated heterocycles. The molecule has 0 amide bonds. The Morgan fingerprint density at radius 2 is 1.18 bits per heavy atom. The molecule has 0 N–H and O–H groups in total. The van der Waals surface area contributed by atoms with Crippen LogP contribution in [0.2, 0.25) is 0 Å². The summed E-state index contributed by atoms with van der Waals surface area (Å²) in [4.78, 5) is 37.7. The van der Waals surface area contributed by atoms with E-state index in [0.717, 1.165) is 38.5 Å². The van der Waals surface area contributed by atoms with E-state index in [2.05, 4.69) is 13.8 Å². The fourth-order valence-electron chi connectivity index (χ4n) is 6.04. The number of phosphoric ester groups is 1. The average Bonchev–Trinajstić information content (AvgIpc) is 3.16. The van der Waals surface area contributed by atoms with Gasteiger partial charge in [-0.3, -0.25) is 14.2 Å². The number of likely N-dealkylation sites (N-methyl/N-ethyl adjacent to an activating group) is 1. The number of hydrogen-bond acceptors (Lipinski definition) is 13. The van der Waals surface area contributed by atoms with Crippen molar-refractivity contribution >= 4 is 19.8 Å². The maximum absolute atomic E-state index is 12.8. The van der Waals surface area contributed by atoms with Crippen LogP contribution >= 0.6 is 7.82 Å². The second kappa shape index (κ2) is 27.3. The smallest absolute Gasteiger partial charge is 0.305 e. The van der Waals surface area contributed by atoms with Crippen LogP contribution in [0.4, 0.5) is 0 Å². The highest BCUT2D eigenvalue weighted by molar-refractivity contribution is 7.45. The Labute approximate surface area is 336 Å². The highest BCUT2D eigenvalue weighted by atomic mass is 31.2. The number of carbonyl (C=O) groups is 2. The maximum atomic E-state index is 12.8. The minimum atomic E-state index is -4.49. The number of methoxy groups -OCH3 is 2.